The molecule has 5 N–H and O–H groups in total. The largest absolute Gasteiger partial charge is 0.495 e. The molecule has 2 aromatic carbocycles. The first-order chi connectivity index (χ1) is 16.9. The van der Waals surface area contributed by atoms with Gasteiger partial charge in [0.05, 0.1) is 36.8 Å². The highest BCUT2D eigenvalue weighted by molar-refractivity contribution is 7.50. The van der Waals surface area contributed by atoms with Crippen molar-refractivity contribution in [2.75, 3.05) is 17.7 Å². The lowest BCUT2D eigenvalue weighted by atomic mass is 10.1. The lowest BCUT2D eigenvalue weighted by Crippen LogP contribution is -2.19. The Morgan fingerprint density at radius 3 is 2.58 bits per heavy atom. The van der Waals surface area contributed by atoms with E-state index in [1.165, 1.54) is 37.4 Å². The van der Waals surface area contributed by atoms with E-state index in [4.69, 9.17) is 4.74 Å². The summed E-state index contributed by atoms with van der Waals surface area (Å²) in [6, 6.07) is 8.65. The average molecular weight is 525 g/mol. The van der Waals surface area contributed by atoms with Crippen molar-refractivity contribution in [3.63, 3.8) is 0 Å². The first kappa shape index (κ1) is 25.4. The number of amides is 1. The molecule has 4 rings (SSSR count). The van der Waals surface area contributed by atoms with Gasteiger partial charge in [-0.3, -0.25) is 14.6 Å². The standard InChI is InChI=1S/C21H19F3N5O6P/c1-35-16-7-11(10-36(32,33)34)5-6-14(16)27-20-25-8-13(21(22,23)24)18(28-20)26-15-4-2-3-12-9-29(31)19(30)17(12)15/h2-8,31H,9-10H2,1H3,(H2,32,33,34)(H2,25,26,27,28). The molecule has 0 spiro atoms. The van der Waals surface area contributed by atoms with Gasteiger partial charge in [0.2, 0.25) is 5.95 Å². The van der Waals surface area contributed by atoms with E-state index in [-0.39, 0.29) is 40.7 Å². The molecule has 36 heavy (non-hydrogen) atoms. The molecular formula is C21H19F3N5O6P. The van der Waals surface area contributed by atoms with E-state index < -0.39 is 37.2 Å². The number of benzene rings is 2. The first-order valence-electron chi connectivity index (χ1n) is 10.2. The van der Waals surface area contributed by atoms with Crippen molar-refractivity contribution in [3.05, 3.63) is 64.8 Å². The van der Waals surface area contributed by atoms with Crippen molar-refractivity contribution in [2.45, 2.75) is 18.9 Å². The van der Waals surface area contributed by atoms with E-state index in [9.17, 15) is 37.5 Å². The Balaban J connectivity index is 1.69. The third-order valence-electron chi connectivity index (χ3n) is 5.17. The zero-order chi connectivity index (χ0) is 26.3. The molecule has 1 aromatic heterocycles. The highest BCUT2D eigenvalue weighted by Crippen LogP contribution is 2.41. The van der Waals surface area contributed by atoms with E-state index >= 15 is 0 Å². The predicted molar refractivity (Wildman–Crippen MR) is 120 cm³/mol. The van der Waals surface area contributed by atoms with Crippen molar-refractivity contribution in [1.82, 2.24) is 15.0 Å². The molecule has 0 radical (unpaired) electrons. The zero-order valence-electron chi connectivity index (χ0n) is 18.4. The third kappa shape index (κ3) is 5.41. The number of methoxy groups -OCH3 is 1. The third-order valence-corrected chi connectivity index (χ3v) is 5.94. The number of carbonyl (C=O) groups is 1. The number of aromatic nitrogens is 2. The summed E-state index contributed by atoms with van der Waals surface area (Å²) >= 11 is 0. The normalized spacial score (nSPS) is 13.5. The fourth-order valence-electron chi connectivity index (χ4n) is 3.62. The summed E-state index contributed by atoms with van der Waals surface area (Å²) in [5, 5.41) is 15.4. The molecule has 0 saturated heterocycles. The van der Waals surface area contributed by atoms with E-state index in [2.05, 4.69) is 20.6 Å². The number of fused-ring (bicyclic) bond motifs is 1. The minimum Gasteiger partial charge on any atom is -0.495 e. The van der Waals surface area contributed by atoms with Crippen LogP contribution in [0.2, 0.25) is 0 Å². The number of anilines is 4. The number of rotatable bonds is 7. The van der Waals surface area contributed by atoms with Crippen molar-refractivity contribution >= 4 is 36.6 Å². The Bertz CT molecular complexity index is 1380. The number of alkyl halides is 3. The Morgan fingerprint density at radius 1 is 1.17 bits per heavy atom. The molecule has 3 aromatic rings. The predicted octanol–water partition coefficient (Wildman–Crippen LogP) is 4.01. The van der Waals surface area contributed by atoms with Gasteiger partial charge in [-0.2, -0.15) is 18.2 Å². The summed E-state index contributed by atoms with van der Waals surface area (Å²) in [5.41, 5.74) is -0.229. The topological polar surface area (TPSA) is 157 Å². The molecule has 11 nitrogen and oxygen atoms in total. The highest BCUT2D eigenvalue weighted by atomic mass is 31.2. The first-order valence-corrected chi connectivity index (χ1v) is 12.0. The van der Waals surface area contributed by atoms with Crippen molar-refractivity contribution in [1.29, 1.82) is 0 Å². The molecule has 1 aliphatic rings. The average Bonchev–Trinajstić information content (AvgIpc) is 3.07. The molecule has 0 bridgehead atoms. The minimum atomic E-state index is -4.83. The molecular weight excluding hydrogens is 506 g/mol. The molecule has 0 aliphatic carbocycles. The van der Waals surface area contributed by atoms with Crippen LogP contribution in [0.3, 0.4) is 0 Å². The van der Waals surface area contributed by atoms with Crippen LogP contribution in [-0.4, -0.2) is 43.0 Å². The number of halogens is 3. The van der Waals surface area contributed by atoms with E-state index in [1.807, 2.05) is 0 Å². The molecule has 0 atom stereocenters. The number of hydroxylamine groups is 2. The SMILES string of the molecule is COc1cc(CP(=O)(O)O)ccc1Nc1ncc(C(F)(F)F)c(Nc2cccc3c2C(=O)N(O)C3)n1. The Kier molecular flexibility index (Phi) is 6.62. The summed E-state index contributed by atoms with van der Waals surface area (Å²) in [7, 11) is -3.03. The van der Waals surface area contributed by atoms with Gasteiger partial charge in [0.1, 0.15) is 17.1 Å². The molecule has 0 fully saturated rings. The van der Waals surface area contributed by atoms with E-state index in [1.54, 1.807) is 6.07 Å². The second-order valence-electron chi connectivity index (χ2n) is 7.76. The Hall–Kier alpha value is -3.71. The van der Waals surface area contributed by atoms with Gasteiger partial charge >= 0.3 is 13.8 Å². The van der Waals surface area contributed by atoms with Crippen molar-refractivity contribution in [3.8, 4) is 5.75 Å². The summed E-state index contributed by atoms with van der Waals surface area (Å²) in [6.07, 6.45) is -4.79. The number of nitrogens with zero attached hydrogens (tertiary/aromatic N) is 3. The monoisotopic (exact) mass is 525 g/mol. The van der Waals surface area contributed by atoms with Crippen LogP contribution >= 0.6 is 7.60 Å². The van der Waals surface area contributed by atoms with Crippen LogP contribution in [-0.2, 0) is 23.4 Å². The van der Waals surface area contributed by atoms with E-state index in [0.29, 0.717) is 16.8 Å². The van der Waals surface area contributed by atoms with E-state index in [0.717, 1.165) is 0 Å². The maximum absolute atomic E-state index is 13.7. The summed E-state index contributed by atoms with van der Waals surface area (Å²) in [6.45, 7) is -0.107. The van der Waals surface area contributed by atoms with Gasteiger partial charge in [-0.1, -0.05) is 18.2 Å². The van der Waals surface area contributed by atoms with Crippen LogP contribution in [0.5, 0.6) is 5.75 Å². The maximum Gasteiger partial charge on any atom is 0.421 e. The van der Waals surface area contributed by atoms with Gasteiger partial charge in [0.15, 0.2) is 0 Å². The van der Waals surface area contributed by atoms with Crippen LogP contribution in [0.4, 0.5) is 36.3 Å². The molecule has 0 saturated carbocycles. The lowest BCUT2D eigenvalue weighted by Gasteiger charge is -2.17. The Morgan fingerprint density at radius 2 is 1.92 bits per heavy atom. The van der Waals surface area contributed by atoms with Gasteiger partial charge in [-0.05, 0) is 29.3 Å². The van der Waals surface area contributed by atoms with Crippen LogP contribution in [0.15, 0.2) is 42.6 Å². The maximum atomic E-state index is 13.7. The van der Waals surface area contributed by atoms with Crippen molar-refractivity contribution < 1.29 is 42.3 Å². The zero-order valence-corrected chi connectivity index (χ0v) is 19.3. The summed E-state index contributed by atoms with van der Waals surface area (Å²) in [4.78, 5) is 38.3. The van der Waals surface area contributed by atoms with Gasteiger partial charge in [0.25, 0.3) is 5.91 Å². The number of hydrogen-bond donors (Lipinski definition) is 5. The lowest BCUT2D eigenvalue weighted by molar-refractivity contribution is -0.137. The molecule has 2 heterocycles. The molecule has 1 aliphatic heterocycles. The highest BCUT2D eigenvalue weighted by Gasteiger charge is 2.36. The second-order valence-corrected chi connectivity index (χ2v) is 9.41. The number of hydrogen-bond acceptors (Lipinski definition) is 8. The number of nitrogens with one attached hydrogen (secondary N) is 2. The fraction of sp³-hybridized carbons (Fsp3) is 0.190. The quantitative estimate of drug-likeness (QED) is 0.226. The van der Waals surface area contributed by atoms with Crippen LogP contribution in [0, 0.1) is 0 Å². The second kappa shape index (κ2) is 9.39. The van der Waals surface area contributed by atoms with Gasteiger partial charge in [0, 0.05) is 6.20 Å². The van der Waals surface area contributed by atoms with Gasteiger partial charge in [-0.25, -0.2) is 10.0 Å². The molecule has 0 unspecified atom stereocenters. The smallest absolute Gasteiger partial charge is 0.421 e. The minimum absolute atomic E-state index is 0.0172. The van der Waals surface area contributed by atoms with Gasteiger partial charge < -0.3 is 25.2 Å². The van der Waals surface area contributed by atoms with Crippen molar-refractivity contribution in [2.24, 2.45) is 0 Å². The van der Waals surface area contributed by atoms with Gasteiger partial charge in [-0.15, -0.1) is 0 Å². The van der Waals surface area contributed by atoms with Crippen LogP contribution in [0.25, 0.3) is 0 Å². The number of carbonyl (C=O) groups excluding carboxylic acids is 1. The summed E-state index contributed by atoms with van der Waals surface area (Å²) < 4.78 is 57.5. The summed E-state index contributed by atoms with van der Waals surface area (Å²) in [5.74, 6) is -1.52. The molecule has 15 heteroatoms. The Labute approximate surface area is 201 Å². The molecule has 1 amide bonds. The van der Waals surface area contributed by atoms with Crippen LogP contribution < -0.4 is 15.4 Å². The van der Waals surface area contributed by atoms with Crippen LogP contribution in [0.1, 0.15) is 27.0 Å². The molecule has 190 valence electrons. The number of ether oxygens (including phenoxy) is 1. The fourth-order valence-corrected chi connectivity index (χ4v) is 4.29.